The average Bonchev–Trinajstić information content (AvgIpc) is 3.12. The fourth-order valence-corrected chi connectivity index (χ4v) is 8.11. The Balaban J connectivity index is 2.39. The Hall–Kier alpha value is -1.64. The van der Waals surface area contributed by atoms with Crippen molar-refractivity contribution in [3.63, 3.8) is 0 Å². The Kier molecular flexibility index (Phi) is 10.4. The highest BCUT2D eigenvalue weighted by Crippen LogP contribution is 2.33. The van der Waals surface area contributed by atoms with Gasteiger partial charge in [0.25, 0.3) is 0 Å². The Morgan fingerprint density at radius 3 is 2.24 bits per heavy atom. The Labute approximate surface area is 212 Å². The van der Waals surface area contributed by atoms with E-state index in [-0.39, 0.29) is 16.3 Å². The predicted octanol–water partition coefficient (Wildman–Crippen LogP) is 2.93. The number of benzene rings is 1. The Morgan fingerprint density at radius 2 is 1.74 bits per heavy atom. The number of halogens is 2. The fraction of sp³-hybridized carbons (Fsp3) is 0.474. The maximum absolute atomic E-state index is 13.1. The van der Waals surface area contributed by atoms with Crippen molar-refractivity contribution in [2.45, 2.75) is 17.9 Å². The van der Waals surface area contributed by atoms with E-state index in [9.17, 15) is 26.9 Å². The summed E-state index contributed by atoms with van der Waals surface area (Å²) in [5.41, 5.74) is 1.08. The summed E-state index contributed by atoms with van der Waals surface area (Å²) >= 11 is 12.4. The number of anilines is 1. The van der Waals surface area contributed by atoms with Gasteiger partial charge in [0.2, 0.25) is 4.58 Å². The quantitative estimate of drug-likeness (QED) is 0.156. The van der Waals surface area contributed by atoms with Crippen molar-refractivity contribution in [1.82, 2.24) is 0 Å². The highest BCUT2D eigenvalue weighted by atomic mass is 35.5. The molecule has 1 atom stereocenters. The summed E-state index contributed by atoms with van der Waals surface area (Å²) in [6.45, 7) is 1.72. The average molecular weight is 576 g/mol. The number of sulfone groups is 1. The third-order valence-corrected chi connectivity index (χ3v) is 10.8. The van der Waals surface area contributed by atoms with Crippen molar-refractivity contribution < 1.29 is 31.0 Å². The van der Waals surface area contributed by atoms with Gasteiger partial charge in [-0.15, -0.1) is 23.2 Å². The number of rotatable bonds is 14. The molecule has 1 aromatic carbocycles. The van der Waals surface area contributed by atoms with Crippen molar-refractivity contribution in [3.8, 4) is 5.75 Å². The molecule has 2 rings (SSSR count). The topological polar surface area (TPSA) is 144 Å². The van der Waals surface area contributed by atoms with Crippen molar-refractivity contribution in [2.24, 2.45) is 0 Å². The molecule has 15 heteroatoms. The third kappa shape index (κ3) is 7.18. The molecular weight excluding hydrogens is 551 g/mol. The molecule has 10 nitrogen and oxygen atoms in total. The second-order valence-corrected chi connectivity index (χ2v) is 13.1. The molecule has 0 fully saturated rings. The summed E-state index contributed by atoms with van der Waals surface area (Å²) in [4.78, 5) is 12.5. The third-order valence-electron chi connectivity index (χ3n) is 4.84. The zero-order valence-electron chi connectivity index (χ0n) is 18.1. The monoisotopic (exact) mass is 574 g/mol. The van der Waals surface area contributed by atoms with Crippen LogP contribution in [-0.4, -0.2) is 68.7 Å². The molecule has 0 bridgehead atoms. The van der Waals surface area contributed by atoms with Crippen molar-refractivity contribution in [3.05, 3.63) is 50.9 Å². The number of hydrogen-bond donors (Lipinski definition) is 1. The van der Waals surface area contributed by atoms with E-state index < -0.39 is 48.2 Å². The molecule has 0 spiro atoms. The number of nitrogens with zero attached hydrogens (tertiary/aromatic N) is 2. The lowest BCUT2D eigenvalue weighted by molar-refractivity contribution is -0.380. The van der Waals surface area contributed by atoms with E-state index in [4.69, 9.17) is 32.5 Å². The van der Waals surface area contributed by atoms with Crippen LogP contribution in [0.1, 0.15) is 11.1 Å². The summed E-state index contributed by atoms with van der Waals surface area (Å²) in [6, 6.07) is 5.87. The first-order valence-corrected chi connectivity index (χ1v) is 15.0. The second kappa shape index (κ2) is 12.4. The number of alkyl halides is 2. The van der Waals surface area contributed by atoms with E-state index in [1.54, 1.807) is 12.1 Å². The smallest absolute Gasteiger partial charge is 0.327 e. The van der Waals surface area contributed by atoms with Crippen LogP contribution >= 0.6 is 34.5 Å². The highest BCUT2D eigenvalue weighted by Gasteiger charge is 2.41. The van der Waals surface area contributed by atoms with Crippen LogP contribution in [0.4, 0.5) is 10.7 Å². The molecular formula is C19H24Cl2N2O8S3. The molecule has 0 aliphatic rings. The standard InChI is InChI=1S/C19H24Cl2N2O8S3/c1-14-13-32-19(23(25)26)17(14)12-18(33(27,28)11-10-24)34(29,30)31-16-4-2-15(3-5-16)22(8-6-20)9-7-21/h2-5,13,18,24H,6-12H2,1H3. The molecule has 0 amide bonds. The first-order valence-electron chi connectivity index (χ1n) is 9.90. The Morgan fingerprint density at radius 1 is 1.15 bits per heavy atom. The molecule has 0 saturated carbocycles. The molecule has 1 aromatic heterocycles. The molecule has 0 radical (unpaired) electrons. The zero-order chi connectivity index (χ0) is 25.5. The molecule has 1 heterocycles. The van der Waals surface area contributed by atoms with E-state index in [2.05, 4.69) is 0 Å². The van der Waals surface area contributed by atoms with Crippen LogP contribution in [0, 0.1) is 17.0 Å². The first-order chi connectivity index (χ1) is 16.0. The maximum atomic E-state index is 13.1. The molecule has 1 N–H and O–H groups in total. The van der Waals surface area contributed by atoms with Crippen LogP contribution < -0.4 is 9.08 Å². The fourth-order valence-electron chi connectivity index (χ4n) is 3.16. The van der Waals surface area contributed by atoms with Gasteiger partial charge >= 0.3 is 15.1 Å². The van der Waals surface area contributed by atoms with Crippen LogP contribution in [0.5, 0.6) is 5.75 Å². The van der Waals surface area contributed by atoms with Crippen LogP contribution in [0.15, 0.2) is 29.6 Å². The zero-order valence-corrected chi connectivity index (χ0v) is 22.1. The van der Waals surface area contributed by atoms with Gasteiger partial charge < -0.3 is 14.2 Å². The minimum absolute atomic E-state index is 0.0122. The summed E-state index contributed by atoms with van der Waals surface area (Å²) in [6.07, 6.45) is -0.687. The number of nitro groups is 1. The first kappa shape index (κ1) is 28.6. The summed E-state index contributed by atoms with van der Waals surface area (Å²) in [7, 11) is -9.26. The van der Waals surface area contributed by atoms with Crippen LogP contribution in [0.2, 0.25) is 0 Å². The van der Waals surface area contributed by atoms with E-state index in [0.717, 1.165) is 11.3 Å². The molecule has 0 aliphatic carbocycles. The van der Waals surface area contributed by atoms with Crippen molar-refractivity contribution >= 4 is 65.2 Å². The molecule has 0 aliphatic heterocycles. The minimum atomic E-state index is -4.82. The van der Waals surface area contributed by atoms with E-state index >= 15 is 0 Å². The molecule has 190 valence electrons. The van der Waals surface area contributed by atoms with Gasteiger partial charge in [0.1, 0.15) is 5.75 Å². The van der Waals surface area contributed by atoms with Gasteiger partial charge in [0, 0.05) is 47.9 Å². The molecule has 0 saturated heterocycles. The van der Waals surface area contributed by atoms with Gasteiger partial charge in [-0.25, -0.2) is 8.42 Å². The van der Waals surface area contributed by atoms with Crippen molar-refractivity contribution in [1.29, 1.82) is 0 Å². The minimum Gasteiger partial charge on any atom is -0.395 e. The summed E-state index contributed by atoms with van der Waals surface area (Å²) < 4.78 is 54.6. The number of aryl methyl sites for hydroxylation is 1. The summed E-state index contributed by atoms with van der Waals surface area (Å²) in [5, 5.41) is 21.6. The van der Waals surface area contributed by atoms with E-state index in [1.165, 1.54) is 24.4 Å². The van der Waals surface area contributed by atoms with Crippen LogP contribution in [0.25, 0.3) is 0 Å². The SMILES string of the molecule is Cc1csc([N+](=O)[O-])c1CC(S(=O)(=O)CCO)S(=O)(=O)Oc1ccc(N(CCCl)CCCl)cc1. The van der Waals surface area contributed by atoms with Gasteiger partial charge in [-0.1, -0.05) is 11.3 Å². The molecule has 2 aromatic rings. The number of aliphatic hydroxyl groups excluding tert-OH is 1. The van der Waals surface area contributed by atoms with Crippen LogP contribution in [-0.2, 0) is 26.4 Å². The maximum Gasteiger partial charge on any atom is 0.327 e. The number of hydrogen-bond acceptors (Lipinski definition) is 10. The highest BCUT2D eigenvalue weighted by molar-refractivity contribution is 8.07. The number of aliphatic hydroxyl groups is 1. The summed E-state index contributed by atoms with van der Waals surface area (Å²) in [5.74, 6) is -0.285. The molecule has 1 unspecified atom stereocenters. The van der Waals surface area contributed by atoms with Crippen molar-refractivity contribution in [2.75, 3.05) is 42.1 Å². The number of thiophene rings is 1. The van der Waals surface area contributed by atoms with Crippen LogP contribution in [0.3, 0.4) is 0 Å². The second-order valence-electron chi connectivity index (χ2n) is 7.12. The van der Waals surface area contributed by atoms with E-state index in [1.807, 2.05) is 4.90 Å². The lowest BCUT2D eigenvalue weighted by Gasteiger charge is -2.23. The van der Waals surface area contributed by atoms with Gasteiger partial charge in [0.15, 0.2) is 9.84 Å². The van der Waals surface area contributed by atoms with Gasteiger partial charge in [0.05, 0.1) is 17.3 Å². The van der Waals surface area contributed by atoms with Gasteiger partial charge in [-0.05, 0) is 36.8 Å². The van der Waals surface area contributed by atoms with E-state index in [0.29, 0.717) is 36.1 Å². The largest absolute Gasteiger partial charge is 0.395 e. The normalized spacial score (nSPS) is 12.9. The van der Waals surface area contributed by atoms with Gasteiger partial charge in [-0.2, -0.15) is 8.42 Å². The van der Waals surface area contributed by atoms with Gasteiger partial charge in [-0.3, -0.25) is 10.1 Å². The lowest BCUT2D eigenvalue weighted by Crippen LogP contribution is -2.38. The predicted molar refractivity (Wildman–Crippen MR) is 134 cm³/mol. The Bertz CT molecular complexity index is 1180. The molecule has 34 heavy (non-hydrogen) atoms. The lowest BCUT2D eigenvalue weighted by atomic mass is 10.1.